The molecule has 2 aromatic heterocycles. The first kappa shape index (κ1) is 20.3. The fourth-order valence-corrected chi connectivity index (χ4v) is 4.63. The van der Waals surface area contributed by atoms with Crippen LogP contribution in [0.3, 0.4) is 0 Å². The maximum Gasteiger partial charge on any atom is 0.275 e. The minimum atomic E-state index is -0.720. The lowest BCUT2D eigenvalue weighted by Gasteiger charge is -2.27. The molecule has 0 spiro atoms. The van der Waals surface area contributed by atoms with Crippen LogP contribution < -0.4 is 11.1 Å². The molecule has 2 unspecified atom stereocenters. The third-order valence-corrected chi connectivity index (χ3v) is 5.94. The number of benzene rings is 1. The molecule has 0 radical (unpaired) electrons. The Kier molecular flexibility index (Phi) is 5.69. The van der Waals surface area contributed by atoms with Gasteiger partial charge in [-0.2, -0.15) is 0 Å². The average Bonchev–Trinajstić information content (AvgIpc) is 3.17. The summed E-state index contributed by atoms with van der Waals surface area (Å²) in [5, 5.41) is 4.44. The van der Waals surface area contributed by atoms with Gasteiger partial charge in [0.2, 0.25) is 0 Å². The number of anilines is 1. The van der Waals surface area contributed by atoms with E-state index in [1.54, 1.807) is 12.4 Å². The predicted molar refractivity (Wildman–Crippen MR) is 113 cm³/mol. The molecule has 0 fully saturated rings. The van der Waals surface area contributed by atoms with Crippen molar-refractivity contribution < 1.29 is 13.6 Å². The third kappa shape index (κ3) is 4.15. The van der Waals surface area contributed by atoms with Crippen molar-refractivity contribution in [2.45, 2.75) is 31.7 Å². The first-order valence-corrected chi connectivity index (χ1v) is 10.4. The molecule has 1 aromatic carbocycles. The quantitative estimate of drug-likeness (QED) is 0.582. The average molecular weight is 426 g/mol. The molecule has 1 amide bonds. The molecule has 3 N–H and O–H groups in total. The molecule has 4 rings (SSSR count). The SMILES string of the molecule is CC1=CC(N)CC(c2ccncc2NC(=O)c2csc(-c3c(F)cccc3F)n2)C1. The van der Waals surface area contributed by atoms with E-state index in [4.69, 9.17) is 5.73 Å². The Morgan fingerprint density at radius 1 is 1.27 bits per heavy atom. The Morgan fingerprint density at radius 3 is 2.77 bits per heavy atom. The number of carbonyl (C=O) groups is 1. The summed E-state index contributed by atoms with van der Waals surface area (Å²) < 4.78 is 28.0. The van der Waals surface area contributed by atoms with Crippen LogP contribution in [0.15, 0.2) is 53.7 Å². The molecule has 0 aliphatic heterocycles. The van der Waals surface area contributed by atoms with Crippen LogP contribution in [0.2, 0.25) is 0 Å². The van der Waals surface area contributed by atoms with Crippen LogP contribution >= 0.6 is 11.3 Å². The highest BCUT2D eigenvalue weighted by molar-refractivity contribution is 7.13. The number of aromatic nitrogens is 2. The number of hydrogen-bond acceptors (Lipinski definition) is 5. The largest absolute Gasteiger partial charge is 0.324 e. The molecule has 3 aromatic rings. The Morgan fingerprint density at radius 2 is 2.03 bits per heavy atom. The molecule has 0 bridgehead atoms. The van der Waals surface area contributed by atoms with Gasteiger partial charge in [0.1, 0.15) is 22.3 Å². The molecule has 1 aliphatic rings. The van der Waals surface area contributed by atoms with Gasteiger partial charge in [0.15, 0.2) is 0 Å². The molecule has 154 valence electrons. The summed E-state index contributed by atoms with van der Waals surface area (Å²) in [6, 6.07) is 5.46. The Labute approximate surface area is 176 Å². The minimum Gasteiger partial charge on any atom is -0.324 e. The Bertz CT molecular complexity index is 1110. The topological polar surface area (TPSA) is 80.9 Å². The number of carbonyl (C=O) groups excluding carboxylic acids is 1. The van der Waals surface area contributed by atoms with Crippen molar-refractivity contribution in [2.24, 2.45) is 5.73 Å². The molecule has 2 atom stereocenters. The fourth-order valence-electron chi connectivity index (χ4n) is 3.79. The van der Waals surface area contributed by atoms with E-state index in [9.17, 15) is 13.6 Å². The number of nitrogens with zero attached hydrogens (tertiary/aromatic N) is 2. The zero-order valence-corrected chi connectivity index (χ0v) is 17.0. The first-order valence-electron chi connectivity index (χ1n) is 9.50. The van der Waals surface area contributed by atoms with E-state index in [1.165, 1.54) is 17.0 Å². The number of amides is 1. The lowest BCUT2D eigenvalue weighted by Crippen LogP contribution is -2.25. The molecule has 0 saturated carbocycles. The summed E-state index contributed by atoms with van der Waals surface area (Å²) in [4.78, 5) is 21.0. The summed E-state index contributed by atoms with van der Waals surface area (Å²) in [6.07, 6.45) is 6.97. The van der Waals surface area contributed by atoms with Gasteiger partial charge in [-0.25, -0.2) is 13.8 Å². The van der Waals surface area contributed by atoms with E-state index in [2.05, 4.69) is 21.4 Å². The number of allylic oxidation sites excluding steroid dienone is 1. The number of nitrogens with two attached hydrogens (primary N) is 1. The Balaban J connectivity index is 1.57. The summed E-state index contributed by atoms with van der Waals surface area (Å²) in [7, 11) is 0. The summed E-state index contributed by atoms with van der Waals surface area (Å²) in [5.41, 5.74) is 8.73. The zero-order chi connectivity index (χ0) is 21.3. The van der Waals surface area contributed by atoms with Gasteiger partial charge < -0.3 is 11.1 Å². The molecule has 5 nitrogen and oxygen atoms in total. The van der Waals surface area contributed by atoms with Crippen molar-refractivity contribution in [1.82, 2.24) is 9.97 Å². The van der Waals surface area contributed by atoms with E-state index >= 15 is 0 Å². The second-order valence-corrected chi connectivity index (χ2v) is 8.22. The van der Waals surface area contributed by atoms with Crippen molar-refractivity contribution in [3.05, 3.63) is 76.6 Å². The number of halogens is 2. The monoisotopic (exact) mass is 426 g/mol. The van der Waals surface area contributed by atoms with E-state index in [1.807, 2.05) is 13.0 Å². The van der Waals surface area contributed by atoms with Gasteiger partial charge in [-0.3, -0.25) is 9.78 Å². The Hall–Kier alpha value is -2.97. The molecule has 2 heterocycles. The zero-order valence-electron chi connectivity index (χ0n) is 16.2. The predicted octanol–water partition coefficient (Wildman–Crippen LogP) is 4.89. The highest BCUT2D eigenvalue weighted by atomic mass is 32.1. The van der Waals surface area contributed by atoms with Crippen molar-refractivity contribution in [3.63, 3.8) is 0 Å². The summed E-state index contributed by atoms with van der Waals surface area (Å²) >= 11 is 1.01. The van der Waals surface area contributed by atoms with Crippen LogP contribution in [0.4, 0.5) is 14.5 Å². The minimum absolute atomic E-state index is 0.0303. The summed E-state index contributed by atoms with van der Waals surface area (Å²) in [5.74, 6) is -1.73. The number of rotatable bonds is 4. The van der Waals surface area contributed by atoms with Crippen molar-refractivity contribution >= 4 is 22.9 Å². The standard InChI is InChI=1S/C22H20F2N4OS/c1-12-7-13(9-14(25)8-12)15-5-6-26-10-18(15)27-21(29)19-11-30-22(28-19)20-16(23)3-2-4-17(20)24/h2-6,8,10-11,13-14H,7,9,25H2,1H3,(H,27,29). The maximum atomic E-state index is 14.0. The van der Waals surface area contributed by atoms with Gasteiger partial charge in [-0.15, -0.1) is 11.3 Å². The molecular formula is C22H20F2N4OS. The first-order chi connectivity index (χ1) is 14.4. The van der Waals surface area contributed by atoms with Crippen LogP contribution in [0.25, 0.3) is 10.6 Å². The van der Waals surface area contributed by atoms with Gasteiger partial charge in [-0.1, -0.05) is 17.7 Å². The van der Waals surface area contributed by atoms with Crippen molar-refractivity contribution in [2.75, 3.05) is 5.32 Å². The number of thiazole rings is 1. The van der Waals surface area contributed by atoms with Crippen LogP contribution in [0.1, 0.15) is 41.7 Å². The summed E-state index contributed by atoms with van der Waals surface area (Å²) in [6.45, 7) is 2.05. The van der Waals surface area contributed by atoms with E-state index in [0.717, 1.165) is 41.9 Å². The molecule has 0 saturated heterocycles. The van der Waals surface area contributed by atoms with E-state index in [0.29, 0.717) is 5.69 Å². The van der Waals surface area contributed by atoms with Crippen molar-refractivity contribution in [1.29, 1.82) is 0 Å². The second kappa shape index (κ2) is 8.41. The van der Waals surface area contributed by atoms with Crippen LogP contribution in [-0.2, 0) is 0 Å². The van der Waals surface area contributed by atoms with E-state index in [-0.39, 0.29) is 28.2 Å². The van der Waals surface area contributed by atoms with Crippen LogP contribution in [0.5, 0.6) is 0 Å². The van der Waals surface area contributed by atoms with Crippen molar-refractivity contribution in [3.8, 4) is 10.6 Å². The van der Waals surface area contributed by atoms with Gasteiger partial charge in [0, 0.05) is 17.6 Å². The normalized spacial score (nSPS) is 18.7. The van der Waals surface area contributed by atoms with Gasteiger partial charge in [0.05, 0.1) is 17.4 Å². The third-order valence-electron chi connectivity index (χ3n) is 5.08. The number of nitrogens with one attached hydrogen (secondary N) is 1. The van der Waals surface area contributed by atoms with Crippen LogP contribution in [0, 0.1) is 11.6 Å². The van der Waals surface area contributed by atoms with Gasteiger partial charge in [0.25, 0.3) is 5.91 Å². The highest BCUT2D eigenvalue weighted by Crippen LogP contribution is 2.36. The lowest BCUT2D eigenvalue weighted by atomic mass is 9.82. The van der Waals surface area contributed by atoms with Crippen LogP contribution in [-0.4, -0.2) is 21.9 Å². The molecule has 8 heteroatoms. The van der Waals surface area contributed by atoms with Gasteiger partial charge in [-0.05, 0) is 49.4 Å². The number of hydrogen-bond donors (Lipinski definition) is 2. The van der Waals surface area contributed by atoms with Gasteiger partial charge >= 0.3 is 0 Å². The molecule has 1 aliphatic carbocycles. The fraction of sp³-hybridized carbons (Fsp3) is 0.227. The smallest absolute Gasteiger partial charge is 0.275 e. The second-order valence-electron chi connectivity index (χ2n) is 7.37. The maximum absolute atomic E-state index is 14.0. The van der Waals surface area contributed by atoms with E-state index < -0.39 is 17.5 Å². The molecular weight excluding hydrogens is 406 g/mol. The highest BCUT2D eigenvalue weighted by Gasteiger charge is 2.24. The number of pyridine rings is 1. The lowest BCUT2D eigenvalue weighted by molar-refractivity contribution is 0.102. The molecule has 30 heavy (non-hydrogen) atoms.